The third-order valence-corrected chi connectivity index (χ3v) is 13.6. The molecule has 0 saturated carbocycles. The summed E-state index contributed by atoms with van der Waals surface area (Å²) in [5.74, 6) is 0.505. The van der Waals surface area contributed by atoms with E-state index in [0.717, 1.165) is 33.4 Å². The number of nitrogens with zero attached hydrogens (tertiary/aromatic N) is 2. The van der Waals surface area contributed by atoms with Crippen molar-refractivity contribution in [3.63, 3.8) is 0 Å². The predicted molar refractivity (Wildman–Crippen MR) is 299 cm³/mol. The normalized spacial score (nSPS) is 13.9. The van der Waals surface area contributed by atoms with E-state index in [1.807, 2.05) is 32.1 Å². The molecule has 0 fully saturated rings. The maximum absolute atomic E-state index is 12.1. The average molecular weight is 1160 g/mol. The Morgan fingerprint density at radius 2 is 1.11 bits per heavy atom. The first-order valence-electron chi connectivity index (χ1n) is 27.5. The first kappa shape index (κ1) is 71.1. The van der Waals surface area contributed by atoms with E-state index < -0.39 is 21.5 Å². The van der Waals surface area contributed by atoms with Crippen LogP contribution in [0.1, 0.15) is 77.2 Å². The first-order valence-corrected chi connectivity index (χ1v) is 28.9. The summed E-state index contributed by atoms with van der Waals surface area (Å²) in [7, 11) is -1.41. The summed E-state index contributed by atoms with van der Waals surface area (Å²) in [6.45, 7) is 22.7. The molecule has 0 saturated heterocycles. The van der Waals surface area contributed by atoms with E-state index in [0.29, 0.717) is 196 Å². The molecule has 2 aliphatic heterocycles. The van der Waals surface area contributed by atoms with Gasteiger partial charge in [0.15, 0.2) is 13.1 Å². The van der Waals surface area contributed by atoms with Gasteiger partial charge in [-0.05, 0) is 71.9 Å². The molecule has 4 rings (SSSR count). The van der Waals surface area contributed by atoms with E-state index in [2.05, 4.69) is 54.5 Å². The van der Waals surface area contributed by atoms with E-state index in [1.165, 1.54) is 12.1 Å². The molecule has 0 aromatic heterocycles. The van der Waals surface area contributed by atoms with Gasteiger partial charge in [-0.3, -0.25) is 4.79 Å². The van der Waals surface area contributed by atoms with Crippen LogP contribution in [0.5, 0.6) is 0 Å². The number of aliphatic carboxylic acids is 1. The van der Waals surface area contributed by atoms with Crippen LogP contribution in [0.4, 0.5) is 5.69 Å². The first-order chi connectivity index (χ1) is 38.1. The van der Waals surface area contributed by atoms with Gasteiger partial charge in [-0.2, -0.15) is 0 Å². The van der Waals surface area contributed by atoms with Crippen molar-refractivity contribution in [1.29, 1.82) is 0 Å². The van der Waals surface area contributed by atoms with Crippen LogP contribution < -0.4 is 44.4 Å². The third-order valence-electron chi connectivity index (χ3n) is 12.7. The van der Waals surface area contributed by atoms with Crippen molar-refractivity contribution in [2.75, 3.05) is 184 Å². The molecular weight excluding hydrogens is 1070 g/mol. The average Bonchev–Trinajstić information content (AvgIpc) is 3.69. The van der Waals surface area contributed by atoms with Crippen LogP contribution >= 0.6 is 0 Å². The second-order valence-corrected chi connectivity index (χ2v) is 21.5. The minimum Gasteiger partial charge on any atom is -0.744 e. The minimum absolute atomic E-state index is 0. The topological polar surface area (TPSA) is 225 Å². The van der Waals surface area contributed by atoms with Gasteiger partial charge in [0.2, 0.25) is 5.36 Å². The van der Waals surface area contributed by atoms with Crippen LogP contribution in [0.3, 0.4) is 0 Å². The SMILES string of the molecule is COCCOCCOCCOCCOCCOCC[N+](CCOCCOCCOCCOCCOCCOC)=c1ccc2c(C(C)(C)C)cc(/C=C/C=C3/N(CCCCCC(=O)O)c4ccc(S(=O)(=O)[O-])cc4C3(C)C)oc-2c1.[Na+]. The summed E-state index contributed by atoms with van der Waals surface area (Å²) in [6.07, 6.45) is 7.90. The van der Waals surface area contributed by atoms with Crippen LogP contribution in [0.15, 0.2) is 69.6 Å². The van der Waals surface area contributed by atoms with Crippen molar-refractivity contribution >= 4 is 27.9 Å². The van der Waals surface area contributed by atoms with Crippen molar-refractivity contribution in [3.8, 4) is 11.3 Å². The second kappa shape index (κ2) is 40.2. The summed E-state index contributed by atoms with van der Waals surface area (Å²) in [5, 5.41) is 10.1. The largest absolute Gasteiger partial charge is 1.00 e. The molecule has 0 unspecified atom stereocenters. The Bertz CT molecular complexity index is 2370. The summed E-state index contributed by atoms with van der Waals surface area (Å²) in [5.41, 5.74) is 3.62. The summed E-state index contributed by atoms with van der Waals surface area (Å²) < 4.78 is 112. The maximum atomic E-state index is 12.1. The molecule has 22 heteroatoms. The molecule has 0 amide bonds. The Hall–Kier alpha value is -3.17. The summed E-state index contributed by atoms with van der Waals surface area (Å²) in [4.78, 5) is 13.0. The molecule has 1 aromatic rings. The smallest absolute Gasteiger partial charge is 0.744 e. The fourth-order valence-electron chi connectivity index (χ4n) is 8.57. The Labute approximate surface area is 497 Å². The van der Waals surface area contributed by atoms with Crippen LogP contribution in [0, 0.1) is 0 Å². The number of unbranched alkanes of at least 4 members (excludes halogenated alkanes) is 2. The zero-order valence-electron chi connectivity index (χ0n) is 49.0. The number of anilines is 1. The number of carbonyl (C=O) groups is 1. The Balaban J connectivity index is 0.0000168. The number of methoxy groups -OCH3 is 2. The molecule has 3 aliphatic rings. The molecule has 2 heterocycles. The van der Waals surface area contributed by atoms with E-state index in [1.54, 1.807) is 20.3 Å². The monoisotopic (exact) mass is 1160 g/mol. The second-order valence-electron chi connectivity index (χ2n) is 20.1. The number of allylic oxidation sites excluding steroid dienone is 3. The standard InChI is InChI=1S/C58H90N2O18S.Na/c1-57(2,3)51-45-48(12-11-13-55-58(4,5)52-46-49(79(63,64)65)16-18-53(52)60(55)19-10-8-9-14-56(61)62)78-54-44-47(15-17-50(51)54)59(20-22-68-28-30-72-36-38-76-42-40-74-34-32-70-26-24-66-6)21-23-69-29-31-73-37-39-77-43-41-75-35-33-71-27-25-67-7;/h11-13,15-18,44-46H,8-10,14,19-43H2,1-7H3,(H-,61,62,63,64,65);/q;+1. The van der Waals surface area contributed by atoms with Crippen LogP contribution in [-0.4, -0.2) is 203 Å². The van der Waals surface area contributed by atoms with Gasteiger partial charge in [-0.15, -0.1) is 0 Å². The van der Waals surface area contributed by atoms with Crippen molar-refractivity contribution in [2.45, 2.75) is 76.0 Å². The molecule has 20 nitrogen and oxygen atoms in total. The molecule has 1 N–H and O–H groups in total. The number of benzene rings is 2. The number of hydrogen-bond donors (Lipinski definition) is 1. The van der Waals surface area contributed by atoms with Crippen molar-refractivity contribution in [2.24, 2.45) is 0 Å². The molecule has 0 spiro atoms. The van der Waals surface area contributed by atoms with Gasteiger partial charge >= 0.3 is 35.5 Å². The number of rotatable bonds is 45. The van der Waals surface area contributed by atoms with Crippen molar-refractivity contribution in [3.05, 3.63) is 82.6 Å². The van der Waals surface area contributed by atoms with Gasteiger partial charge in [0.25, 0.3) is 0 Å². The molecule has 0 bridgehead atoms. The minimum atomic E-state index is -4.69. The van der Waals surface area contributed by atoms with E-state index in [-0.39, 0.29) is 46.3 Å². The van der Waals surface area contributed by atoms with Gasteiger partial charge < -0.3 is 75.8 Å². The Kier molecular flexibility index (Phi) is 35.7. The fourth-order valence-corrected chi connectivity index (χ4v) is 9.07. The maximum Gasteiger partial charge on any atom is 1.00 e. The number of hydrogen-bond acceptors (Lipinski definition) is 18. The molecule has 80 heavy (non-hydrogen) atoms. The molecule has 1 aliphatic carbocycles. The molecule has 446 valence electrons. The van der Waals surface area contributed by atoms with Gasteiger partial charge in [0, 0.05) is 55.6 Å². The molecule has 1 aromatic carbocycles. The number of ether oxygens (including phenoxy) is 12. The van der Waals surface area contributed by atoms with Gasteiger partial charge in [0.05, 0.1) is 143 Å². The number of fused-ring (bicyclic) bond motifs is 2. The van der Waals surface area contributed by atoms with Crippen LogP contribution in [-0.2, 0) is 82.6 Å². The zero-order valence-corrected chi connectivity index (χ0v) is 51.8. The van der Waals surface area contributed by atoms with E-state index in [9.17, 15) is 22.9 Å². The van der Waals surface area contributed by atoms with E-state index in [4.69, 9.17) is 61.3 Å². The van der Waals surface area contributed by atoms with Gasteiger partial charge in [0.1, 0.15) is 34.9 Å². The molecule has 0 atom stereocenters. The Morgan fingerprint density at radius 3 is 1.55 bits per heavy atom. The zero-order chi connectivity index (χ0) is 57.2. The third kappa shape index (κ3) is 27.0. The fraction of sp³-hybridized carbons (Fsp3) is 0.655. The molecular formula is C58H90N2NaO18S+. The quantitative estimate of drug-likeness (QED) is 0.0371. The van der Waals surface area contributed by atoms with Crippen LogP contribution in [0.2, 0.25) is 0 Å². The van der Waals surface area contributed by atoms with Crippen molar-refractivity contribution < 1.29 is 114 Å². The van der Waals surface area contributed by atoms with Gasteiger partial charge in [-0.1, -0.05) is 47.1 Å². The summed E-state index contributed by atoms with van der Waals surface area (Å²) in [6, 6.07) is 12.8. The predicted octanol–water partition coefficient (Wildman–Crippen LogP) is 3.16. The van der Waals surface area contributed by atoms with Crippen molar-refractivity contribution in [1.82, 2.24) is 4.58 Å². The van der Waals surface area contributed by atoms with E-state index >= 15 is 0 Å². The summed E-state index contributed by atoms with van der Waals surface area (Å²) >= 11 is 0. The molecule has 0 radical (unpaired) electrons. The number of carboxylic acid groups (broad SMARTS) is 1. The van der Waals surface area contributed by atoms with Gasteiger partial charge in [-0.25, -0.2) is 13.0 Å². The number of carboxylic acids is 1. The Morgan fingerprint density at radius 1 is 0.650 bits per heavy atom. The van der Waals surface area contributed by atoms with Crippen LogP contribution in [0.25, 0.3) is 17.4 Å².